The largest absolute Gasteiger partial charge is 0.301 e. The summed E-state index contributed by atoms with van der Waals surface area (Å²) in [5, 5.41) is 0. The summed E-state index contributed by atoms with van der Waals surface area (Å²) in [5.74, 6) is 1.02. The van der Waals surface area contributed by atoms with Crippen LogP contribution in [-0.2, 0) is 0 Å². The molecule has 1 saturated heterocycles. The van der Waals surface area contributed by atoms with Crippen LogP contribution in [-0.4, -0.2) is 54.8 Å². The zero-order chi connectivity index (χ0) is 9.68. The van der Waals surface area contributed by atoms with Crippen LogP contribution in [0.25, 0.3) is 0 Å². The Morgan fingerprint density at radius 1 is 1.38 bits per heavy atom. The summed E-state index contributed by atoms with van der Waals surface area (Å²) in [6.07, 6.45) is 2.50. The average molecular weight is 202 g/mol. The van der Waals surface area contributed by atoms with E-state index in [0.717, 1.165) is 11.8 Å². The van der Waals surface area contributed by atoms with Crippen molar-refractivity contribution in [3.05, 3.63) is 0 Å². The van der Waals surface area contributed by atoms with Crippen molar-refractivity contribution < 1.29 is 0 Å². The van der Waals surface area contributed by atoms with Crippen molar-refractivity contribution in [1.82, 2.24) is 9.80 Å². The molecule has 0 aromatic heterocycles. The summed E-state index contributed by atoms with van der Waals surface area (Å²) in [7, 11) is 2.24. The molecule has 13 heavy (non-hydrogen) atoms. The van der Waals surface area contributed by atoms with Gasteiger partial charge in [0.1, 0.15) is 0 Å². The zero-order valence-corrected chi connectivity index (χ0v) is 9.76. The average Bonchev–Trinajstić information content (AvgIpc) is 2.16. The molecule has 1 fully saturated rings. The molecule has 1 atom stereocenters. The van der Waals surface area contributed by atoms with E-state index in [1.165, 1.54) is 39.0 Å². The smallest absolute Gasteiger partial charge is 0.0218 e. The van der Waals surface area contributed by atoms with Gasteiger partial charge in [-0.3, -0.25) is 0 Å². The first-order valence-electron chi connectivity index (χ1n) is 5.31. The Labute approximate surface area is 87.7 Å². The van der Waals surface area contributed by atoms with E-state index in [2.05, 4.69) is 36.4 Å². The van der Waals surface area contributed by atoms with Gasteiger partial charge in [0, 0.05) is 25.7 Å². The minimum Gasteiger partial charge on any atom is -0.301 e. The second-order valence-corrected chi connectivity index (χ2v) is 4.37. The minimum atomic E-state index is 0.772. The molecule has 0 N–H and O–H groups in total. The number of piperazine rings is 1. The van der Waals surface area contributed by atoms with Crippen molar-refractivity contribution in [2.24, 2.45) is 0 Å². The molecule has 0 aliphatic carbocycles. The van der Waals surface area contributed by atoms with Crippen LogP contribution in [0.15, 0.2) is 0 Å². The van der Waals surface area contributed by atoms with Gasteiger partial charge in [-0.05, 0) is 32.2 Å². The van der Waals surface area contributed by atoms with Gasteiger partial charge in [-0.15, -0.1) is 0 Å². The fraction of sp³-hybridized carbons (Fsp3) is 1.00. The maximum atomic E-state index is 4.25. The molecule has 1 aliphatic rings. The van der Waals surface area contributed by atoms with Gasteiger partial charge in [0.25, 0.3) is 0 Å². The highest BCUT2D eigenvalue weighted by Gasteiger charge is 2.21. The Balaban J connectivity index is 2.27. The van der Waals surface area contributed by atoms with Crippen molar-refractivity contribution in [2.45, 2.75) is 25.8 Å². The van der Waals surface area contributed by atoms with Crippen molar-refractivity contribution >= 4 is 12.6 Å². The maximum Gasteiger partial charge on any atom is 0.0218 e. The second-order valence-electron chi connectivity index (χ2n) is 3.92. The molecule has 0 amide bonds. The third-order valence-electron chi connectivity index (χ3n) is 2.96. The van der Waals surface area contributed by atoms with Gasteiger partial charge in [0.05, 0.1) is 0 Å². The molecule has 0 aromatic carbocycles. The quantitative estimate of drug-likeness (QED) is 0.687. The lowest BCUT2D eigenvalue weighted by atomic mass is 10.1. The van der Waals surface area contributed by atoms with E-state index in [4.69, 9.17) is 0 Å². The van der Waals surface area contributed by atoms with Crippen molar-refractivity contribution in [2.75, 3.05) is 39.0 Å². The number of nitrogens with zero attached hydrogens (tertiary/aromatic N) is 2. The normalized spacial score (nSPS) is 26.5. The van der Waals surface area contributed by atoms with Gasteiger partial charge < -0.3 is 9.80 Å². The second kappa shape index (κ2) is 5.89. The first kappa shape index (κ1) is 11.3. The highest BCUT2D eigenvalue weighted by Crippen LogP contribution is 2.10. The Bertz CT molecular complexity index is 139. The number of rotatable bonds is 4. The van der Waals surface area contributed by atoms with Gasteiger partial charge in [-0.1, -0.05) is 6.92 Å². The molecule has 0 aromatic rings. The van der Waals surface area contributed by atoms with E-state index in [0.29, 0.717) is 0 Å². The molecule has 1 unspecified atom stereocenters. The molecule has 78 valence electrons. The fourth-order valence-electron chi connectivity index (χ4n) is 1.95. The van der Waals surface area contributed by atoms with Crippen LogP contribution < -0.4 is 0 Å². The standard InChI is InChI=1S/C10H22N2S/c1-3-10-9-12(5-4-8-13)7-6-11(10)2/h10,13H,3-9H2,1-2H3. The van der Waals surface area contributed by atoms with Crippen LogP contribution in [0, 0.1) is 0 Å². The van der Waals surface area contributed by atoms with Gasteiger partial charge in [-0.2, -0.15) is 12.6 Å². The number of hydrogen-bond acceptors (Lipinski definition) is 3. The van der Waals surface area contributed by atoms with Gasteiger partial charge >= 0.3 is 0 Å². The molecule has 1 rings (SSSR count). The van der Waals surface area contributed by atoms with Crippen LogP contribution in [0.3, 0.4) is 0 Å². The molecule has 1 heterocycles. The van der Waals surface area contributed by atoms with E-state index in [-0.39, 0.29) is 0 Å². The minimum absolute atomic E-state index is 0.772. The Morgan fingerprint density at radius 3 is 2.77 bits per heavy atom. The topological polar surface area (TPSA) is 6.48 Å². The Morgan fingerprint density at radius 2 is 2.15 bits per heavy atom. The van der Waals surface area contributed by atoms with Crippen molar-refractivity contribution in [1.29, 1.82) is 0 Å². The molecule has 0 spiro atoms. The summed E-state index contributed by atoms with van der Waals surface area (Å²) in [5.41, 5.74) is 0. The molecule has 3 heteroatoms. The van der Waals surface area contributed by atoms with Crippen LogP contribution >= 0.6 is 12.6 Å². The first-order valence-corrected chi connectivity index (χ1v) is 5.94. The number of hydrogen-bond donors (Lipinski definition) is 1. The molecule has 2 nitrogen and oxygen atoms in total. The summed E-state index contributed by atoms with van der Waals surface area (Å²) < 4.78 is 0. The highest BCUT2D eigenvalue weighted by molar-refractivity contribution is 7.80. The zero-order valence-electron chi connectivity index (χ0n) is 8.87. The lowest BCUT2D eigenvalue weighted by molar-refractivity contribution is 0.0937. The fourth-order valence-corrected chi connectivity index (χ4v) is 2.09. The maximum absolute atomic E-state index is 4.25. The van der Waals surface area contributed by atoms with E-state index in [1.807, 2.05) is 0 Å². The Hall–Kier alpha value is 0.270. The summed E-state index contributed by atoms with van der Waals surface area (Å²) in [6.45, 7) is 7.23. The predicted octanol–water partition coefficient (Wildman–Crippen LogP) is 1.33. The SMILES string of the molecule is CCC1CN(CCCS)CCN1C. The van der Waals surface area contributed by atoms with E-state index in [1.54, 1.807) is 0 Å². The molecule has 1 aliphatic heterocycles. The monoisotopic (exact) mass is 202 g/mol. The van der Waals surface area contributed by atoms with Crippen LogP contribution in [0.4, 0.5) is 0 Å². The van der Waals surface area contributed by atoms with E-state index >= 15 is 0 Å². The van der Waals surface area contributed by atoms with Gasteiger partial charge in [0.2, 0.25) is 0 Å². The van der Waals surface area contributed by atoms with Crippen LogP contribution in [0.1, 0.15) is 19.8 Å². The molecule has 0 bridgehead atoms. The summed E-state index contributed by atoms with van der Waals surface area (Å²) in [6, 6.07) is 0.772. The summed E-state index contributed by atoms with van der Waals surface area (Å²) >= 11 is 4.25. The third kappa shape index (κ3) is 3.49. The number of likely N-dealkylation sites (N-methyl/N-ethyl adjacent to an activating group) is 1. The van der Waals surface area contributed by atoms with E-state index in [9.17, 15) is 0 Å². The van der Waals surface area contributed by atoms with Crippen molar-refractivity contribution in [3.63, 3.8) is 0 Å². The molecule has 0 radical (unpaired) electrons. The molecule has 0 saturated carbocycles. The van der Waals surface area contributed by atoms with E-state index < -0.39 is 0 Å². The van der Waals surface area contributed by atoms with Crippen molar-refractivity contribution in [3.8, 4) is 0 Å². The first-order chi connectivity index (χ1) is 6.27. The molecular weight excluding hydrogens is 180 g/mol. The van der Waals surface area contributed by atoms with Crippen LogP contribution in [0.5, 0.6) is 0 Å². The van der Waals surface area contributed by atoms with Gasteiger partial charge in [-0.25, -0.2) is 0 Å². The highest BCUT2D eigenvalue weighted by atomic mass is 32.1. The lowest BCUT2D eigenvalue weighted by Crippen LogP contribution is -2.51. The lowest BCUT2D eigenvalue weighted by Gasteiger charge is -2.39. The number of thiol groups is 1. The predicted molar refractivity (Wildman–Crippen MR) is 61.6 cm³/mol. The van der Waals surface area contributed by atoms with Crippen LogP contribution in [0.2, 0.25) is 0 Å². The van der Waals surface area contributed by atoms with Gasteiger partial charge in [0.15, 0.2) is 0 Å². The molecular formula is C10H22N2S. The third-order valence-corrected chi connectivity index (χ3v) is 3.28. The summed E-state index contributed by atoms with van der Waals surface area (Å²) in [4.78, 5) is 5.06. The Kier molecular flexibility index (Phi) is 5.14.